The summed E-state index contributed by atoms with van der Waals surface area (Å²) in [5.41, 5.74) is 0.116. The summed E-state index contributed by atoms with van der Waals surface area (Å²) in [5, 5.41) is 0.759. The Hall–Kier alpha value is -0.220. The van der Waals surface area contributed by atoms with Gasteiger partial charge in [0.25, 0.3) is 0 Å². The molecular weight excluding hydrogens is 220 g/mol. The maximum absolute atomic E-state index is 5.79. The Kier molecular flexibility index (Phi) is 3.70. The van der Waals surface area contributed by atoms with Crippen molar-refractivity contribution in [3.05, 3.63) is 29.3 Å². The second-order valence-corrected chi connectivity index (χ2v) is 4.62. The fourth-order valence-corrected chi connectivity index (χ4v) is 2.25. The minimum Gasteiger partial charge on any atom is -0.375 e. The zero-order valence-corrected chi connectivity index (χ0v) is 9.18. The molecule has 0 bridgehead atoms. The SMILES string of the molecule is Clc1ccc(SC2COCCO2)cc1. The lowest BCUT2D eigenvalue weighted by molar-refractivity contribution is -0.0498. The summed E-state index contributed by atoms with van der Waals surface area (Å²) in [7, 11) is 0. The molecule has 1 aliphatic rings. The molecule has 1 aromatic rings. The summed E-state index contributed by atoms with van der Waals surface area (Å²) in [5.74, 6) is 0. The average molecular weight is 231 g/mol. The van der Waals surface area contributed by atoms with Crippen molar-refractivity contribution >= 4 is 23.4 Å². The molecule has 1 fully saturated rings. The van der Waals surface area contributed by atoms with Gasteiger partial charge in [0.2, 0.25) is 0 Å². The van der Waals surface area contributed by atoms with E-state index in [4.69, 9.17) is 21.1 Å². The highest BCUT2D eigenvalue weighted by molar-refractivity contribution is 7.99. The molecule has 1 saturated heterocycles. The predicted molar refractivity (Wildman–Crippen MR) is 57.9 cm³/mol. The average Bonchev–Trinajstić information content (AvgIpc) is 2.23. The van der Waals surface area contributed by atoms with Gasteiger partial charge in [-0.2, -0.15) is 0 Å². The van der Waals surface area contributed by atoms with Gasteiger partial charge in [-0.25, -0.2) is 0 Å². The third kappa shape index (κ3) is 2.89. The van der Waals surface area contributed by atoms with E-state index in [0.29, 0.717) is 19.8 Å². The Morgan fingerprint density at radius 1 is 1.21 bits per heavy atom. The van der Waals surface area contributed by atoms with Gasteiger partial charge in [-0.15, -0.1) is 0 Å². The Morgan fingerprint density at radius 2 is 2.00 bits per heavy atom. The number of hydrogen-bond donors (Lipinski definition) is 0. The van der Waals surface area contributed by atoms with E-state index in [1.165, 1.54) is 0 Å². The summed E-state index contributed by atoms with van der Waals surface area (Å²) in [6, 6.07) is 7.75. The second-order valence-electron chi connectivity index (χ2n) is 2.95. The number of benzene rings is 1. The lowest BCUT2D eigenvalue weighted by Gasteiger charge is -2.22. The van der Waals surface area contributed by atoms with E-state index in [1.54, 1.807) is 11.8 Å². The van der Waals surface area contributed by atoms with Gasteiger partial charge in [-0.3, -0.25) is 0 Å². The Balaban J connectivity index is 1.92. The summed E-state index contributed by atoms with van der Waals surface area (Å²) in [6.07, 6.45) is 0. The third-order valence-corrected chi connectivity index (χ3v) is 3.20. The zero-order chi connectivity index (χ0) is 9.80. The molecule has 0 radical (unpaired) electrons. The van der Waals surface area contributed by atoms with Crippen molar-refractivity contribution in [2.24, 2.45) is 0 Å². The molecule has 1 aromatic carbocycles. The highest BCUT2D eigenvalue weighted by atomic mass is 35.5. The first kappa shape index (κ1) is 10.3. The fraction of sp³-hybridized carbons (Fsp3) is 0.400. The van der Waals surface area contributed by atoms with Crippen LogP contribution in [0, 0.1) is 0 Å². The number of thioether (sulfide) groups is 1. The van der Waals surface area contributed by atoms with E-state index in [-0.39, 0.29) is 5.44 Å². The van der Waals surface area contributed by atoms with Gasteiger partial charge >= 0.3 is 0 Å². The number of ether oxygens (including phenoxy) is 2. The molecule has 0 N–H and O–H groups in total. The minimum atomic E-state index is 0.116. The predicted octanol–water partition coefficient (Wildman–Crippen LogP) is 2.81. The van der Waals surface area contributed by atoms with Crippen LogP contribution in [0.15, 0.2) is 29.2 Å². The standard InChI is InChI=1S/C10H11ClO2S/c11-8-1-3-9(4-2-8)14-10-7-12-5-6-13-10/h1-4,10H,5-7H2. The molecule has 0 spiro atoms. The van der Waals surface area contributed by atoms with Crippen LogP contribution in [0.5, 0.6) is 0 Å². The second kappa shape index (κ2) is 5.03. The first-order chi connectivity index (χ1) is 6.84. The van der Waals surface area contributed by atoms with E-state index in [1.807, 2.05) is 24.3 Å². The highest BCUT2D eigenvalue weighted by Gasteiger charge is 2.15. The van der Waals surface area contributed by atoms with Gasteiger partial charge in [0.05, 0.1) is 19.8 Å². The molecular formula is C10H11ClO2S. The smallest absolute Gasteiger partial charge is 0.131 e. The molecule has 2 rings (SSSR count). The normalized spacial score (nSPS) is 22.2. The van der Waals surface area contributed by atoms with Crippen molar-refractivity contribution in [1.29, 1.82) is 0 Å². The quantitative estimate of drug-likeness (QED) is 0.779. The molecule has 14 heavy (non-hydrogen) atoms. The largest absolute Gasteiger partial charge is 0.375 e. The molecule has 1 atom stereocenters. The number of halogens is 1. The molecule has 0 aromatic heterocycles. The Labute approximate surface area is 92.5 Å². The molecule has 0 saturated carbocycles. The Bertz CT molecular complexity index is 283. The Morgan fingerprint density at radius 3 is 2.64 bits per heavy atom. The van der Waals surface area contributed by atoms with Crippen LogP contribution < -0.4 is 0 Å². The van der Waals surface area contributed by atoms with Crippen LogP contribution in [0.1, 0.15) is 0 Å². The maximum Gasteiger partial charge on any atom is 0.131 e. The van der Waals surface area contributed by atoms with E-state index >= 15 is 0 Å². The first-order valence-corrected chi connectivity index (χ1v) is 5.72. The highest BCUT2D eigenvalue weighted by Crippen LogP contribution is 2.26. The summed E-state index contributed by atoms with van der Waals surface area (Å²) >= 11 is 7.46. The molecule has 2 nitrogen and oxygen atoms in total. The van der Waals surface area contributed by atoms with Gasteiger partial charge in [0.15, 0.2) is 0 Å². The fourth-order valence-electron chi connectivity index (χ4n) is 1.20. The van der Waals surface area contributed by atoms with Crippen molar-refractivity contribution in [2.45, 2.75) is 10.3 Å². The van der Waals surface area contributed by atoms with Crippen molar-refractivity contribution < 1.29 is 9.47 Å². The minimum absolute atomic E-state index is 0.116. The molecule has 4 heteroatoms. The molecule has 0 amide bonds. The lowest BCUT2D eigenvalue weighted by Crippen LogP contribution is -2.25. The molecule has 76 valence electrons. The molecule has 1 aliphatic heterocycles. The van der Waals surface area contributed by atoms with Crippen LogP contribution in [-0.4, -0.2) is 25.3 Å². The molecule has 0 aliphatic carbocycles. The zero-order valence-electron chi connectivity index (χ0n) is 7.61. The summed E-state index contributed by atoms with van der Waals surface area (Å²) < 4.78 is 10.8. The number of rotatable bonds is 2. The monoisotopic (exact) mass is 230 g/mol. The van der Waals surface area contributed by atoms with Gasteiger partial charge < -0.3 is 9.47 Å². The number of hydrogen-bond acceptors (Lipinski definition) is 3. The van der Waals surface area contributed by atoms with Gasteiger partial charge in [-0.05, 0) is 24.3 Å². The van der Waals surface area contributed by atoms with Gasteiger partial charge in [0, 0.05) is 9.92 Å². The van der Waals surface area contributed by atoms with Gasteiger partial charge in [0.1, 0.15) is 5.44 Å². The van der Waals surface area contributed by atoms with E-state index in [9.17, 15) is 0 Å². The van der Waals surface area contributed by atoms with Crippen LogP contribution in [-0.2, 0) is 9.47 Å². The van der Waals surface area contributed by atoms with E-state index in [2.05, 4.69) is 0 Å². The van der Waals surface area contributed by atoms with Crippen molar-refractivity contribution in [3.8, 4) is 0 Å². The first-order valence-electron chi connectivity index (χ1n) is 4.46. The van der Waals surface area contributed by atoms with E-state index < -0.39 is 0 Å². The van der Waals surface area contributed by atoms with Crippen LogP contribution in [0.2, 0.25) is 5.02 Å². The van der Waals surface area contributed by atoms with Crippen LogP contribution >= 0.6 is 23.4 Å². The van der Waals surface area contributed by atoms with E-state index in [0.717, 1.165) is 9.92 Å². The summed E-state index contributed by atoms with van der Waals surface area (Å²) in [4.78, 5) is 1.16. The van der Waals surface area contributed by atoms with Crippen molar-refractivity contribution in [3.63, 3.8) is 0 Å². The van der Waals surface area contributed by atoms with Crippen LogP contribution in [0.3, 0.4) is 0 Å². The maximum atomic E-state index is 5.79. The molecule has 1 unspecified atom stereocenters. The van der Waals surface area contributed by atoms with Crippen molar-refractivity contribution in [2.75, 3.05) is 19.8 Å². The van der Waals surface area contributed by atoms with Crippen molar-refractivity contribution in [1.82, 2.24) is 0 Å². The van der Waals surface area contributed by atoms with Gasteiger partial charge in [-0.1, -0.05) is 23.4 Å². The molecule has 1 heterocycles. The van der Waals surface area contributed by atoms with Crippen LogP contribution in [0.4, 0.5) is 0 Å². The topological polar surface area (TPSA) is 18.5 Å². The third-order valence-electron chi connectivity index (χ3n) is 1.87. The lowest BCUT2D eigenvalue weighted by atomic mass is 10.4. The van der Waals surface area contributed by atoms with Crippen LogP contribution in [0.25, 0.3) is 0 Å². The summed E-state index contributed by atoms with van der Waals surface area (Å²) in [6.45, 7) is 2.05.